The standard InChI is InChI=1S/C22H25BrN2OS/c1-22(2,3)16-8-6-15(7-9-16)13-25-17-11-20(23)27-19(17)10-18(25)21(26)24-12-14-4-5-14/h6-11,14H,4-5,12-13H2,1-3H3,(H,24,26). The summed E-state index contributed by atoms with van der Waals surface area (Å²) in [5.74, 6) is 0.713. The second-order valence-corrected chi connectivity index (χ2v) is 11.0. The molecular weight excluding hydrogens is 420 g/mol. The highest BCUT2D eigenvalue weighted by atomic mass is 79.9. The van der Waals surface area contributed by atoms with E-state index in [4.69, 9.17) is 0 Å². The summed E-state index contributed by atoms with van der Waals surface area (Å²) < 4.78 is 4.38. The van der Waals surface area contributed by atoms with Crippen LogP contribution in [-0.4, -0.2) is 17.0 Å². The maximum Gasteiger partial charge on any atom is 0.267 e. The molecule has 1 aliphatic carbocycles. The van der Waals surface area contributed by atoms with Crippen LogP contribution in [0.15, 0.2) is 40.2 Å². The number of hydrogen-bond donors (Lipinski definition) is 1. The van der Waals surface area contributed by atoms with Crippen LogP contribution < -0.4 is 5.32 Å². The number of halogens is 1. The Hall–Kier alpha value is -1.59. The fourth-order valence-corrected chi connectivity index (χ4v) is 4.88. The molecule has 0 saturated heterocycles. The quantitative estimate of drug-likeness (QED) is 0.517. The zero-order valence-electron chi connectivity index (χ0n) is 16.0. The molecule has 0 atom stereocenters. The molecule has 1 N–H and O–H groups in total. The smallest absolute Gasteiger partial charge is 0.267 e. The van der Waals surface area contributed by atoms with Gasteiger partial charge in [0.2, 0.25) is 0 Å². The van der Waals surface area contributed by atoms with Gasteiger partial charge in [-0.3, -0.25) is 4.79 Å². The Morgan fingerprint density at radius 3 is 2.56 bits per heavy atom. The SMILES string of the molecule is CC(C)(C)c1ccc(Cn2c(C(=O)NCC3CC3)cc3sc(Br)cc32)cc1. The minimum Gasteiger partial charge on any atom is -0.350 e. The lowest BCUT2D eigenvalue weighted by Crippen LogP contribution is -2.27. The lowest BCUT2D eigenvalue weighted by Gasteiger charge is -2.19. The molecule has 142 valence electrons. The van der Waals surface area contributed by atoms with E-state index < -0.39 is 0 Å². The Kier molecular flexibility index (Phi) is 4.93. The number of benzene rings is 1. The van der Waals surface area contributed by atoms with E-state index in [0.717, 1.165) is 26.2 Å². The van der Waals surface area contributed by atoms with E-state index in [1.54, 1.807) is 11.3 Å². The first-order valence-corrected chi connectivity index (χ1v) is 11.1. The van der Waals surface area contributed by atoms with Crippen LogP contribution >= 0.6 is 27.3 Å². The molecular formula is C22H25BrN2OS. The molecule has 4 rings (SSSR count). The van der Waals surface area contributed by atoms with E-state index in [9.17, 15) is 4.79 Å². The molecule has 1 aliphatic rings. The zero-order chi connectivity index (χ0) is 19.2. The Labute approximate surface area is 172 Å². The van der Waals surface area contributed by atoms with Crippen LogP contribution in [0.3, 0.4) is 0 Å². The fraction of sp³-hybridized carbons (Fsp3) is 0.409. The summed E-state index contributed by atoms with van der Waals surface area (Å²) in [6, 6.07) is 12.9. The Bertz CT molecular complexity index is 974. The normalized spacial score (nSPS) is 14.7. The molecule has 1 fully saturated rings. The Morgan fingerprint density at radius 2 is 1.93 bits per heavy atom. The summed E-state index contributed by atoms with van der Waals surface area (Å²) in [4.78, 5) is 12.8. The van der Waals surface area contributed by atoms with Crippen molar-refractivity contribution in [3.63, 3.8) is 0 Å². The van der Waals surface area contributed by atoms with Crippen molar-refractivity contribution in [2.24, 2.45) is 5.92 Å². The molecule has 5 heteroatoms. The molecule has 2 aromatic heterocycles. The second kappa shape index (κ2) is 7.10. The van der Waals surface area contributed by atoms with Gasteiger partial charge in [0.15, 0.2) is 0 Å². The topological polar surface area (TPSA) is 34.0 Å². The lowest BCUT2D eigenvalue weighted by molar-refractivity contribution is 0.0943. The minimum atomic E-state index is 0.0349. The van der Waals surface area contributed by atoms with Crippen LogP contribution in [0.4, 0.5) is 0 Å². The van der Waals surface area contributed by atoms with Crippen molar-refractivity contribution in [3.05, 3.63) is 57.0 Å². The molecule has 0 spiro atoms. The highest BCUT2D eigenvalue weighted by Crippen LogP contribution is 2.33. The third-order valence-corrected chi connectivity index (χ3v) is 6.78. The molecule has 3 aromatic rings. The van der Waals surface area contributed by atoms with Crippen LogP contribution in [0, 0.1) is 5.92 Å². The van der Waals surface area contributed by atoms with E-state index >= 15 is 0 Å². The van der Waals surface area contributed by atoms with Crippen molar-refractivity contribution < 1.29 is 4.79 Å². The molecule has 0 bridgehead atoms. The summed E-state index contributed by atoms with van der Waals surface area (Å²) in [6.45, 7) is 8.17. The summed E-state index contributed by atoms with van der Waals surface area (Å²) in [6.07, 6.45) is 2.48. The number of nitrogens with one attached hydrogen (secondary N) is 1. The molecule has 27 heavy (non-hydrogen) atoms. The second-order valence-electron chi connectivity index (χ2n) is 8.52. The van der Waals surface area contributed by atoms with Crippen molar-refractivity contribution in [1.29, 1.82) is 0 Å². The summed E-state index contributed by atoms with van der Waals surface area (Å²) in [5, 5.41) is 3.11. The van der Waals surface area contributed by atoms with Gasteiger partial charge < -0.3 is 9.88 Å². The number of carbonyl (C=O) groups is 1. The lowest BCUT2D eigenvalue weighted by atomic mass is 9.87. The number of fused-ring (bicyclic) bond motifs is 1. The largest absolute Gasteiger partial charge is 0.350 e. The average Bonchev–Trinajstić information content (AvgIpc) is 3.29. The van der Waals surface area contributed by atoms with E-state index in [1.165, 1.54) is 24.0 Å². The third-order valence-electron chi connectivity index (χ3n) is 5.20. The van der Waals surface area contributed by atoms with Crippen molar-refractivity contribution in [2.75, 3.05) is 6.54 Å². The third kappa shape index (κ3) is 4.14. The number of nitrogens with zero attached hydrogens (tertiary/aromatic N) is 1. The van der Waals surface area contributed by atoms with Crippen molar-refractivity contribution in [2.45, 2.75) is 45.6 Å². The van der Waals surface area contributed by atoms with Crippen LogP contribution in [-0.2, 0) is 12.0 Å². The fourth-order valence-electron chi connectivity index (χ4n) is 3.31. The number of amides is 1. The monoisotopic (exact) mass is 444 g/mol. The van der Waals surface area contributed by atoms with E-state index in [2.05, 4.69) is 76.9 Å². The molecule has 1 aromatic carbocycles. The Balaban J connectivity index is 1.64. The summed E-state index contributed by atoms with van der Waals surface area (Å²) in [7, 11) is 0. The number of rotatable bonds is 5. The molecule has 0 unspecified atom stereocenters. The molecule has 2 heterocycles. The van der Waals surface area contributed by atoms with Gasteiger partial charge >= 0.3 is 0 Å². The number of thiophene rings is 1. The van der Waals surface area contributed by atoms with Crippen molar-refractivity contribution in [3.8, 4) is 0 Å². The first-order valence-electron chi connectivity index (χ1n) is 9.47. The molecule has 0 aliphatic heterocycles. The van der Waals surface area contributed by atoms with Crippen LogP contribution in [0.25, 0.3) is 10.2 Å². The van der Waals surface area contributed by atoms with Gasteiger partial charge in [0, 0.05) is 13.1 Å². The summed E-state index contributed by atoms with van der Waals surface area (Å²) >= 11 is 5.25. The van der Waals surface area contributed by atoms with Gasteiger partial charge in [0.05, 0.1) is 14.0 Å². The van der Waals surface area contributed by atoms with E-state index in [1.807, 2.05) is 6.07 Å². The highest BCUT2D eigenvalue weighted by molar-refractivity contribution is 9.11. The minimum absolute atomic E-state index is 0.0349. The predicted molar refractivity (Wildman–Crippen MR) is 117 cm³/mol. The van der Waals surface area contributed by atoms with Gasteiger partial charge in [-0.1, -0.05) is 45.0 Å². The van der Waals surface area contributed by atoms with Crippen LogP contribution in [0.1, 0.15) is 55.2 Å². The average molecular weight is 445 g/mol. The van der Waals surface area contributed by atoms with Crippen LogP contribution in [0.5, 0.6) is 0 Å². The highest BCUT2D eigenvalue weighted by Gasteiger charge is 2.24. The van der Waals surface area contributed by atoms with Gasteiger partial charge in [0.25, 0.3) is 5.91 Å². The first kappa shape index (κ1) is 18.8. The van der Waals surface area contributed by atoms with Crippen molar-refractivity contribution in [1.82, 2.24) is 9.88 Å². The zero-order valence-corrected chi connectivity index (χ0v) is 18.4. The van der Waals surface area contributed by atoms with Gasteiger partial charge in [-0.05, 0) is 63.4 Å². The molecule has 1 saturated carbocycles. The van der Waals surface area contributed by atoms with E-state index in [0.29, 0.717) is 12.5 Å². The van der Waals surface area contributed by atoms with Gasteiger partial charge in [-0.2, -0.15) is 0 Å². The van der Waals surface area contributed by atoms with Gasteiger partial charge in [0.1, 0.15) is 5.69 Å². The number of hydrogen-bond acceptors (Lipinski definition) is 2. The molecule has 1 amide bonds. The predicted octanol–water partition coefficient (Wildman–Crippen LogP) is 5.95. The number of aromatic nitrogens is 1. The van der Waals surface area contributed by atoms with Crippen molar-refractivity contribution >= 4 is 43.4 Å². The van der Waals surface area contributed by atoms with Gasteiger partial charge in [-0.25, -0.2) is 0 Å². The Morgan fingerprint density at radius 1 is 1.22 bits per heavy atom. The molecule has 3 nitrogen and oxygen atoms in total. The molecule has 0 radical (unpaired) electrons. The number of carbonyl (C=O) groups excluding carboxylic acids is 1. The first-order chi connectivity index (χ1) is 12.8. The van der Waals surface area contributed by atoms with E-state index in [-0.39, 0.29) is 11.3 Å². The maximum absolute atomic E-state index is 12.8. The maximum atomic E-state index is 12.8. The summed E-state index contributed by atoms with van der Waals surface area (Å²) in [5.41, 5.74) is 4.54. The van der Waals surface area contributed by atoms with Gasteiger partial charge in [-0.15, -0.1) is 11.3 Å². The van der Waals surface area contributed by atoms with Crippen LogP contribution in [0.2, 0.25) is 0 Å².